The predicted octanol–water partition coefficient (Wildman–Crippen LogP) is 0.0887. The van der Waals surface area contributed by atoms with Gasteiger partial charge in [0.15, 0.2) is 9.84 Å². The van der Waals surface area contributed by atoms with Crippen molar-refractivity contribution in [3.8, 4) is 0 Å². The van der Waals surface area contributed by atoms with Crippen molar-refractivity contribution in [2.75, 3.05) is 12.4 Å². The normalized spacial score (nSPS) is 11.2. The number of sulfone groups is 1. The average molecular weight is 257 g/mol. The van der Waals surface area contributed by atoms with E-state index in [4.69, 9.17) is 5.11 Å². The SMILES string of the molecule is CCS(=O)(=O)c1ccc(CNC(=O)CO)cc1. The minimum atomic E-state index is -3.18. The smallest absolute Gasteiger partial charge is 0.245 e. The van der Waals surface area contributed by atoms with Crippen LogP contribution in [0.4, 0.5) is 0 Å². The topological polar surface area (TPSA) is 83.5 Å². The number of nitrogens with one attached hydrogen (secondary N) is 1. The number of hydrogen-bond acceptors (Lipinski definition) is 4. The van der Waals surface area contributed by atoms with Gasteiger partial charge in [-0.1, -0.05) is 19.1 Å². The molecule has 0 heterocycles. The van der Waals surface area contributed by atoms with Crippen LogP contribution in [0.5, 0.6) is 0 Å². The fourth-order valence-electron chi connectivity index (χ4n) is 1.24. The highest BCUT2D eigenvalue weighted by atomic mass is 32.2. The molecule has 0 fully saturated rings. The first kappa shape index (κ1) is 13.7. The number of aliphatic hydroxyl groups excluding tert-OH is 1. The van der Waals surface area contributed by atoms with Gasteiger partial charge in [0.2, 0.25) is 5.91 Å². The quantitative estimate of drug-likeness (QED) is 0.783. The van der Waals surface area contributed by atoms with E-state index in [-0.39, 0.29) is 17.2 Å². The molecule has 0 aliphatic heterocycles. The number of carbonyl (C=O) groups is 1. The number of amides is 1. The van der Waals surface area contributed by atoms with E-state index in [1.54, 1.807) is 19.1 Å². The summed E-state index contributed by atoms with van der Waals surface area (Å²) in [6, 6.07) is 6.30. The lowest BCUT2D eigenvalue weighted by Crippen LogP contribution is -2.25. The summed E-state index contributed by atoms with van der Waals surface area (Å²) < 4.78 is 23.0. The van der Waals surface area contributed by atoms with Gasteiger partial charge < -0.3 is 10.4 Å². The highest BCUT2D eigenvalue weighted by molar-refractivity contribution is 7.91. The van der Waals surface area contributed by atoms with Crippen LogP contribution in [0.15, 0.2) is 29.2 Å². The number of aliphatic hydroxyl groups is 1. The molecular formula is C11H15NO4S. The van der Waals surface area contributed by atoms with Crippen molar-refractivity contribution in [2.45, 2.75) is 18.4 Å². The van der Waals surface area contributed by atoms with Crippen LogP contribution in [-0.4, -0.2) is 31.8 Å². The van der Waals surface area contributed by atoms with Crippen LogP contribution in [0.25, 0.3) is 0 Å². The molecule has 94 valence electrons. The second-order valence-corrected chi connectivity index (χ2v) is 5.76. The van der Waals surface area contributed by atoms with E-state index in [9.17, 15) is 13.2 Å². The number of hydrogen-bond donors (Lipinski definition) is 2. The Morgan fingerprint density at radius 3 is 2.35 bits per heavy atom. The second-order valence-electron chi connectivity index (χ2n) is 3.48. The molecule has 1 aromatic carbocycles. The summed E-state index contributed by atoms with van der Waals surface area (Å²) >= 11 is 0. The van der Waals surface area contributed by atoms with Gasteiger partial charge in [-0.3, -0.25) is 4.79 Å². The van der Waals surface area contributed by atoms with Gasteiger partial charge in [0.25, 0.3) is 0 Å². The van der Waals surface area contributed by atoms with E-state index in [0.717, 1.165) is 5.56 Å². The van der Waals surface area contributed by atoms with Gasteiger partial charge in [-0.05, 0) is 17.7 Å². The summed E-state index contributed by atoms with van der Waals surface area (Å²) in [5, 5.41) is 11.0. The molecule has 1 aromatic rings. The third-order valence-electron chi connectivity index (χ3n) is 2.30. The third-order valence-corrected chi connectivity index (χ3v) is 4.05. The molecule has 0 aliphatic rings. The molecule has 1 amide bonds. The molecule has 0 radical (unpaired) electrons. The Morgan fingerprint density at radius 1 is 1.29 bits per heavy atom. The first-order valence-corrected chi connectivity index (χ1v) is 6.84. The zero-order valence-electron chi connectivity index (χ0n) is 9.51. The van der Waals surface area contributed by atoms with Gasteiger partial charge in [-0.15, -0.1) is 0 Å². The maximum absolute atomic E-state index is 11.5. The van der Waals surface area contributed by atoms with E-state index in [2.05, 4.69) is 5.32 Å². The molecule has 5 nitrogen and oxygen atoms in total. The maximum Gasteiger partial charge on any atom is 0.245 e. The lowest BCUT2D eigenvalue weighted by Gasteiger charge is -2.05. The first-order valence-electron chi connectivity index (χ1n) is 5.19. The van der Waals surface area contributed by atoms with E-state index in [1.165, 1.54) is 12.1 Å². The van der Waals surface area contributed by atoms with Crippen molar-refractivity contribution in [3.63, 3.8) is 0 Å². The summed E-state index contributed by atoms with van der Waals surface area (Å²) in [5.41, 5.74) is 0.779. The van der Waals surface area contributed by atoms with Gasteiger partial charge >= 0.3 is 0 Å². The Labute approximate surface area is 100 Å². The van der Waals surface area contributed by atoms with E-state index in [1.807, 2.05) is 0 Å². The lowest BCUT2D eigenvalue weighted by molar-refractivity contribution is -0.123. The average Bonchev–Trinajstić information content (AvgIpc) is 2.36. The van der Waals surface area contributed by atoms with Gasteiger partial charge in [-0.2, -0.15) is 0 Å². The van der Waals surface area contributed by atoms with Crippen LogP contribution in [0.2, 0.25) is 0 Å². The van der Waals surface area contributed by atoms with E-state index >= 15 is 0 Å². The molecule has 0 saturated heterocycles. The van der Waals surface area contributed by atoms with Gasteiger partial charge in [0, 0.05) is 6.54 Å². The van der Waals surface area contributed by atoms with Crippen LogP contribution < -0.4 is 5.32 Å². The highest BCUT2D eigenvalue weighted by Gasteiger charge is 2.10. The summed E-state index contributed by atoms with van der Waals surface area (Å²) in [5.74, 6) is -0.400. The second kappa shape index (κ2) is 5.79. The van der Waals surface area contributed by atoms with Crippen LogP contribution >= 0.6 is 0 Å². The number of benzene rings is 1. The predicted molar refractivity (Wildman–Crippen MR) is 63.1 cm³/mol. The largest absolute Gasteiger partial charge is 0.387 e. The summed E-state index contributed by atoms with van der Waals surface area (Å²) in [6.07, 6.45) is 0. The standard InChI is InChI=1S/C11H15NO4S/c1-2-17(15,16)10-5-3-9(4-6-10)7-12-11(14)8-13/h3-6,13H,2,7-8H2,1H3,(H,12,14). The Morgan fingerprint density at radius 2 is 1.88 bits per heavy atom. The third kappa shape index (κ3) is 3.83. The lowest BCUT2D eigenvalue weighted by atomic mass is 10.2. The number of rotatable bonds is 5. The molecule has 2 N–H and O–H groups in total. The van der Waals surface area contributed by atoms with Crippen molar-refractivity contribution in [1.29, 1.82) is 0 Å². The molecule has 0 atom stereocenters. The molecule has 0 unspecified atom stereocenters. The molecule has 0 saturated carbocycles. The fraction of sp³-hybridized carbons (Fsp3) is 0.364. The summed E-state index contributed by atoms with van der Waals surface area (Å²) in [4.78, 5) is 11.1. The monoisotopic (exact) mass is 257 g/mol. The molecule has 0 bridgehead atoms. The van der Waals surface area contributed by atoms with Crippen LogP contribution in [0.1, 0.15) is 12.5 Å². The Bertz CT molecular complexity index is 479. The van der Waals surface area contributed by atoms with Crippen molar-refractivity contribution in [3.05, 3.63) is 29.8 Å². The van der Waals surface area contributed by atoms with E-state index in [0.29, 0.717) is 0 Å². The van der Waals surface area contributed by atoms with Crippen LogP contribution in [0, 0.1) is 0 Å². The molecular weight excluding hydrogens is 242 g/mol. The Hall–Kier alpha value is -1.40. The minimum absolute atomic E-state index is 0.0631. The minimum Gasteiger partial charge on any atom is -0.387 e. The molecule has 0 aliphatic carbocycles. The molecule has 0 spiro atoms. The van der Waals surface area contributed by atoms with Crippen LogP contribution in [0.3, 0.4) is 0 Å². The maximum atomic E-state index is 11.5. The van der Waals surface area contributed by atoms with Crippen molar-refractivity contribution >= 4 is 15.7 Å². The molecule has 6 heteroatoms. The molecule has 1 rings (SSSR count). The van der Waals surface area contributed by atoms with Gasteiger partial charge in [0.1, 0.15) is 6.61 Å². The zero-order chi connectivity index (χ0) is 12.9. The Balaban J connectivity index is 2.72. The molecule has 0 aromatic heterocycles. The number of carbonyl (C=O) groups excluding carboxylic acids is 1. The first-order chi connectivity index (χ1) is 7.99. The van der Waals surface area contributed by atoms with Crippen molar-refractivity contribution in [1.82, 2.24) is 5.32 Å². The van der Waals surface area contributed by atoms with Crippen molar-refractivity contribution in [2.24, 2.45) is 0 Å². The summed E-state index contributed by atoms with van der Waals surface area (Å²) in [7, 11) is -3.18. The molecule has 17 heavy (non-hydrogen) atoms. The summed E-state index contributed by atoms with van der Waals surface area (Å²) in [6.45, 7) is 1.30. The Kier molecular flexibility index (Phi) is 4.65. The van der Waals surface area contributed by atoms with E-state index < -0.39 is 22.4 Å². The zero-order valence-corrected chi connectivity index (χ0v) is 10.3. The van der Waals surface area contributed by atoms with Gasteiger partial charge in [-0.25, -0.2) is 8.42 Å². The van der Waals surface area contributed by atoms with Crippen LogP contribution in [-0.2, 0) is 21.2 Å². The fourth-order valence-corrected chi connectivity index (χ4v) is 2.12. The van der Waals surface area contributed by atoms with Crippen molar-refractivity contribution < 1.29 is 18.3 Å². The van der Waals surface area contributed by atoms with Gasteiger partial charge in [0.05, 0.1) is 10.6 Å². The highest BCUT2D eigenvalue weighted by Crippen LogP contribution is 2.12.